The fourth-order valence-corrected chi connectivity index (χ4v) is 3.68. The van der Waals surface area contributed by atoms with Crippen LogP contribution in [0.5, 0.6) is 0 Å². The quantitative estimate of drug-likeness (QED) is 0.501. The number of hydrogen-bond donors (Lipinski definition) is 0. The first-order chi connectivity index (χ1) is 13.3. The molecule has 0 N–H and O–H groups in total. The van der Waals surface area contributed by atoms with Crippen LogP contribution >= 0.6 is 11.8 Å². The van der Waals surface area contributed by atoms with Crippen LogP contribution in [0.3, 0.4) is 0 Å². The number of benzene rings is 2. The Morgan fingerprint density at radius 1 is 0.889 bits per heavy atom. The number of thioether (sulfide) groups is 1. The van der Waals surface area contributed by atoms with Gasteiger partial charge in [0.1, 0.15) is 0 Å². The van der Waals surface area contributed by atoms with Crippen molar-refractivity contribution in [1.29, 1.82) is 0 Å². The third-order valence-electron chi connectivity index (χ3n) is 4.27. The highest BCUT2D eigenvalue weighted by molar-refractivity contribution is 7.99. The standard InChI is InChI=1S/C23H24N2OS/c26-23(15-18-27-22-12-5-2-6-13-22)25(19-21-11-7-8-16-24-21)17-14-20-9-3-1-4-10-20/h1-13,16H,14-15,17-19H2. The van der Waals surface area contributed by atoms with Gasteiger partial charge in [-0.15, -0.1) is 11.8 Å². The first kappa shape index (κ1) is 19.2. The summed E-state index contributed by atoms with van der Waals surface area (Å²) in [6, 6.07) is 26.4. The van der Waals surface area contributed by atoms with E-state index in [1.165, 1.54) is 10.5 Å². The van der Waals surface area contributed by atoms with Crippen LogP contribution in [0.1, 0.15) is 17.7 Å². The van der Waals surface area contributed by atoms with E-state index in [2.05, 4.69) is 29.2 Å². The summed E-state index contributed by atoms with van der Waals surface area (Å²) in [5.74, 6) is 0.965. The second kappa shape index (κ2) is 10.5. The lowest BCUT2D eigenvalue weighted by Gasteiger charge is -2.22. The number of amides is 1. The number of carbonyl (C=O) groups is 1. The molecule has 3 rings (SSSR count). The molecule has 3 nitrogen and oxygen atoms in total. The molecule has 0 aliphatic rings. The van der Waals surface area contributed by atoms with Gasteiger partial charge in [-0.3, -0.25) is 9.78 Å². The lowest BCUT2D eigenvalue weighted by molar-refractivity contribution is -0.131. The van der Waals surface area contributed by atoms with E-state index in [0.717, 1.165) is 17.9 Å². The zero-order valence-corrected chi connectivity index (χ0v) is 16.1. The maximum Gasteiger partial charge on any atom is 0.223 e. The highest BCUT2D eigenvalue weighted by atomic mass is 32.2. The number of carbonyl (C=O) groups excluding carboxylic acids is 1. The third-order valence-corrected chi connectivity index (χ3v) is 5.29. The summed E-state index contributed by atoms with van der Waals surface area (Å²) < 4.78 is 0. The molecule has 138 valence electrons. The molecule has 3 aromatic rings. The van der Waals surface area contributed by atoms with Gasteiger partial charge < -0.3 is 4.90 Å². The van der Waals surface area contributed by atoms with Crippen LogP contribution in [0.25, 0.3) is 0 Å². The number of aromatic nitrogens is 1. The smallest absolute Gasteiger partial charge is 0.223 e. The molecular weight excluding hydrogens is 352 g/mol. The minimum absolute atomic E-state index is 0.181. The Morgan fingerprint density at radius 3 is 2.30 bits per heavy atom. The third kappa shape index (κ3) is 6.57. The second-order valence-electron chi connectivity index (χ2n) is 6.28. The zero-order chi connectivity index (χ0) is 18.7. The van der Waals surface area contributed by atoms with Crippen molar-refractivity contribution in [1.82, 2.24) is 9.88 Å². The van der Waals surface area contributed by atoms with E-state index in [1.807, 2.05) is 59.5 Å². The number of rotatable bonds is 9. The number of pyridine rings is 1. The molecule has 4 heteroatoms. The van der Waals surface area contributed by atoms with Gasteiger partial charge in [-0.1, -0.05) is 54.6 Å². The highest BCUT2D eigenvalue weighted by Crippen LogP contribution is 2.18. The van der Waals surface area contributed by atoms with Crippen LogP contribution in [0.15, 0.2) is 90.0 Å². The average molecular weight is 377 g/mol. The summed E-state index contributed by atoms with van der Waals surface area (Å²) in [7, 11) is 0. The van der Waals surface area contributed by atoms with E-state index in [0.29, 0.717) is 19.5 Å². The second-order valence-corrected chi connectivity index (χ2v) is 7.45. The van der Waals surface area contributed by atoms with Gasteiger partial charge in [-0.05, 0) is 36.2 Å². The van der Waals surface area contributed by atoms with Gasteiger partial charge in [0.2, 0.25) is 5.91 Å². The number of hydrogen-bond acceptors (Lipinski definition) is 3. The Kier molecular flexibility index (Phi) is 7.48. The van der Waals surface area contributed by atoms with Crippen LogP contribution < -0.4 is 0 Å². The van der Waals surface area contributed by atoms with Crippen molar-refractivity contribution in [3.8, 4) is 0 Å². The Morgan fingerprint density at radius 2 is 1.59 bits per heavy atom. The molecule has 0 radical (unpaired) electrons. The molecule has 1 heterocycles. The molecule has 0 aliphatic heterocycles. The van der Waals surface area contributed by atoms with E-state index in [-0.39, 0.29) is 5.91 Å². The van der Waals surface area contributed by atoms with Crippen molar-refractivity contribution in [2.24, 2.45) is 0 Å². The molecule has 0 unspecified atom stereocenters. The molecule has 0 aliphatic carbocycles. The SMILES string of the molecule is O=C(CCSc1ccccc1)N(CCc1ccccc1)Cc1ccccn1. The van der Waals surface area contributed by atoms with Crippen molar-refractivity contribution < 1.29 is 4.79 Å². The molecule has 0 atom stereocenters. The number of nitrogens with zero attached hydrogens (tertiary/aromatic N) is 2. The molecule has 0 saturated heterocycles. The highest BCUT2D eigenvalue weighted by Gasteiger charge is 2.14. The summed E-state index contributed by atoms with van der Waals surface area (Å²) in [4.78, 5) is 20.4. The first-order valence-corrected chi connectivity index (χ1v) is 10.2. The monoisotopic (exact) mass is 376 g/mol. The maximum atomic E-state index is 12.8. The predicted octanol–water partition coefficient (Wildman–Crippen LogP) is 4.84. The summed E-state index contributed by atoms with van der Waals surface area (Å²) >= 11 is 1.72. The van der Waals surface area contributed by atoms with Crippen molar-refractivity contribution >= 4 is 17.7 Å². The molecule has 1 aromatic heterocycles. The lowest BCUT2D eigenvalue weighted by atomic mass is 10.1. The van der Waals surface area contributed by atoms with Gasteiger partial charge in [0.25, 0.3) is 0 Å². The average Bonchev–Trinajstić information content (AvgIpc) is 2.73. The molecule has 2 aromatic carbocycles. The summed E-state index contributed by atoms with van der Waals surface area (Å²) in [6.45, 7) is 1.26. The molecule has 0 bridgehead atoms. The zero-order valence-electron chi connectivity index (χ0n) is 15.3. The minimum Gasteiger partial charge on any atom is -0.336 e. The minimum atomic E-state index is 0.181. The van der Waals surface area contributed by atoms with Crippen LogP contribution in [0.2, 0.25) is 0 Å². The largest absolute Gasteiger partial charge is 0.336 e. The van der Waals surface area contributed by atoms with Gasteiger partial charge in [0, 0.05) is 29.8 Å². The van der Waals surface area contributed by atoms with Crippen LogP contribution in [-0.2, 0) is 17.8 Å². The molecule has 0 spiro atoms. The van der Waals surface area contributed by atoms with Crippen molar-refractivity contribution in [2.75, 3.05) is 12.3 Å². The fraction of sp³-hybridized carbons (Fsp3) is 0.217. The van der Waals surface area contributed by atoms with E-state index in [9.17, 15) is 4.79 Å². The molecular formula is C23H24N2OS. The lowest BCUT2D eigenvalue weighted by Crippen LogP contribution is -2.33. The summed E-state index contributed by atoms with van der Waals surface area (Å²) in [5.41, 5.74) is 2.17. The molecule has 0 saturated carbocycles. The van der Waals surface area contributed by atoms with E-state index in [1.54, 1.807) is 18.0 Å². The van der Waals surface area contributed by atoms with Crippen LogP contribution in [0, 0.1) is 0 Å². The Hall–Kier alpha value is -2.59. The van der Waals surface area contributed by atoms with Crippen molar-refractivity contribution in [3.05, 3.63) is 96.3 Å². The maximum absolute atomic E-state index is 12.8. The van der Waals surface area contributed by atoms with Crippen LogP contribution in [-0.4, -0.2) is 28.1 Å². The Labute approximate surface area is 165 Å². The van der Waals surface area contributed by atoms with Gasteiger partial charge >= 0.3 is 0 Å². The van der Waals surface area contributed by atoms with E-state index >= 15 is 0 Å². The van der Waals surface area contributed by atoms with Gasteiger partial charge in [-0.2, -0.15) is 0 Å². The molecule has 27 heavy (non-hydrogen) atoms. The van der Waals surface area contributed by atoms with Crippen LogP contribution in [0.4, 0.5) is 0 Å². The molecule has 0 fully saturated rings. The molecule has 1 amide bonds. The summed E-state index contributed by atoms with van der Waals surface area (Å²) in [6.07, 6.45) is 3.16. The first-order valence-electron chi connectivity index (χ1n) is 9.21. The summed E-state index contributed by atoms with van der Waals surface area (Å²) in [5, 5.41) is 0. The van der Waals surface area contributed by atoms with Crippen molar-refractivity contribution in [2.45, 2.75) is 24.3 Å². The Balaban J connectivity index is 1.58. The normalized spacial score (nSPS) is 10.5. The van der Waals surface area contributed by atoms with E-state index in [4.69, 9.17) is 0 Å². The van der Waals surface area contributed by atoms with E-state index < -0.39 is 0 Å². The Bertz CT molecular complexity index is 810. The fourth-order valence-electron chi connectivity index (χ4n) is 2.82. The van der Waals surface area contributed by atoms with Gasteiger partial charge in [0.05, 0.1) is 12.2 Å². The topological polar surface area (TPSA) is 33.2 Å². The van der Waals surface area contributed by atoms with Crippen molar-refractivity contribution in [3.63, 3.8) is 0 Å². The van der Waals surface area contributed by atoms with Gasteiger partial charge in [-0.25, -0.2) is 0 Å². The van der Waals surface area contributed by atoms with Gasteiger partial charge in [0.15, 0.2) is 0 Å². The predicted molar refractivity (Wildman–Crippen MR) is 112 cm³/mol.